The van der Waals surface area contributed by atoms with Crippen LogP contribution >= 0.6 is 46.6 Å². The Bertz CT molecular complexity index is 873. The van der Waals surface area contributed by atoms with Crippen molar-refractivity contribution in [3.05, 3.63) is 57.0 Å². The van der Waals surface area contributed by atoms with Gasteiger partial charge in [-0.3, -0.25) is 15.0 Å². The summed E-state index contributed by atoms with van der Waals surface area (Å²) in [7, 11) is 0. The molecule has 3 rings (SSSR count). The normalized spacial score (nSPS) is 16.5. The van der Waals surface area contributed by atoms with E-state index in [0.29, 0.717) is 10.6 Å². The Kier molecular flexibility index (Phi) is 6.26. The summed E-state index contributed by atoms with van der Waals surface area (Å²) in [5.74, 6) is -0.524. The van der Waals surface area contributed by atoms with Crippen molar-refractivity contribution in [1.29, 1.82) is 0 Å². The van der Waals surface area contributed by atoms with Gasteiger partial charge in [-0.15, -0.1) is 11.8 Å². The zero-order valence-corrected chi connectivity index (χ0v) is 16.7. The summed E-state index contributed by atoms with van der Waals surface area (Å²) in [6.07, 6.45) is 0. The predicted molar refractivity (Wildman–Crippen MR) is 105 cm³/mol. The minimum Gasteiger partial charge on any atom is -0.508 e. The molecule has 1 aliphatic rings. The van der Waals surface area contributed by atoms with Gasteiger partial charge in [-0.05, 0) is 18.2 Å². The van der Waals surface area contributed by atoms with Crippen molar-refractivity contribution >= 4 is 58.4 Å². The number of hydrazine groups is 1. The molecule has 0 aliphatic carbocycles. The van der Waals surface area contributed by atoms with Gasteiger partial charge in [-0.2, -0.15) is 0 Å². The van der Waals surface area contributed by atoms with Crippen LogP contribution in [0.3, 0.4) is 0 Å². The maximum absolute atomic E-state index is 12.3. The lowest BCUT2D eigenvalue weighted by atomic mass is 10.2. The number of carbonyl (C=O) groups is 2. The number of aromatic hydroxyl groups is 1. The van der Waals surface area contributed by atoms with Crippen molar-refractivity contribution in [1.82, 2.24) is 10.4 Å². The molecule has 1 saturated heterocycles. The second kappa shape index (κ2) is 8.48. The number of benzene rings is 2. The minimum atomic E-state index is -0.576. The number of phenols is 1. The topological polar surface area (TPSA) is 78.9 Å². The van der Waals surface area contributed by atoms with Crippen LogP contribution in [0.25, 0.3) is 0 Å². The minimum absolute atomic E-state index is 0.0416. The highest BCUT2D eigenvalue weighted by Gasteiger charge is 2.35. The predicted octanol–water partition coefficient (Wildman–Crippen LogP) is 4.04. The fraction of sp³-hybridized carbons (Fsp3) is 0.176. The monoisotopic (exact) mass is 446 g/mol. The van der Waals surface area contributed by atoms with Gasteiger partial charge in [0.2, 0.25) is 0 Å². The zero-order chi connectivity index (χ0) is 19.6. The average Bonchev–Trinajstić information content (AvgIpc) is 2.95. The first-order valence-electron chi connectivity index (χ1n) is 7.65. The Morgan fingerprint density at radius 1 is 1.26 bits per heavy atom. The van der Waals surface area contributed by atoms with Gasteiger partial charge in [0.25, 0.3) is 11.8 Å². The molecule has 2 aromatic carbocycles. The van der Waals surface area contributed by atoms with Crippen molar-refractivity contribution in [3.63, 3.8) is 0 Å². The lowest BCUT2D eigenvalue weighted by molar-refractivity contribution is -0.140. The number of amides is 2. The summed E-state index contributed by atoms with van der Waals surface area (Å²) in [6.45, 7) is -0.414. The van der Waals surface area contributed by atoms with Crippen molar-refractivity contribution < 1.29 is 19.4 Å². The third-order valence-electron chi connectivity index (χ3n) is 3.63. The van der Waals surface area contributed by atoms with Gasteiger partial charge < -0.3 is 9.84 Å². The Hall–Kier alpha value is -1.80. The molecule has 0 saturated carbocycles. The number of para-hydroxylation sites is 1. The van der Waals surface area contributed by atoms with Gasteiger partial charge >= 0.3 is 0 Å². The number of hydrogen-bond acceptors (Lipinski definition) is 5. The first-order valence-corrected chi connectivity index (χ1v) is 9.83. The van der Waals surface area contributed by atoms with Gasteiger partial charge in [0.15, 0.2) is 12.4 Å². The van der Waals surface area contributed by atoms with Crippen LogP contribution in [-0.4, -0.2) is 34.3 Å². The van der Waals surface area contributed by atoms with Gasteiger partial charge in [0.05, 0.1) is 15.8 Å². The number of phenolic OH excluding ortho intramolecular Hbond substituents is 1. The number of hydrogen-bond donors (Lipinski definition) is 2. The molecule has 1 atom stereocenters. The number of halogens is 3. The summed E-state index contributed by atoms with van der Waals surface area (Å²) >= 11 is 19.1. The third kappa shape index (κ3) is 4.55. The van der Waals surface area contributed by atoms with Crippen LogP contribution in [0.15, 0.2) is 36.4 Å². The molecule has 2 N–H and O–H groups in total. The smallest absolute Gasteiger partial charge is 0.276 e. The van der Waals surface area contributed by atoms with Crippen molar-refractivity contribution in [2.75, 3.05) is 12.4 Å². The molecule has 1 aliphatic heterocycles. The van der Waals surface area contributed by atoms with E-state index in [1.807, 2.05) is 0 Å². The van der Waals surface area contributed by atoms with E-state index in [2.05, 4.69) is 5.43 Å². The molecule has 0 bridgehead atoms. The van der Waals surface area contributed by atoms with E-state index in [4.69, 9.17) is 39.5 Å². The molecule has 1 fully saturated rings. The van der Waals surface area contributed by atoms with Crippen molar-refractivity contribution in [2.45, 2.75) is 5.37 Å². The maximum atomic E-state index is 12.3. The number of rotatable bonds is 5. The molecular weight excluding hydrogens is 435 g/mol. The van der Waals surface area contributed by atoms with Crippen LogP contribution in [0.4, 0.5) is 0 Å². The van der Waals surface area contributed by atoms with Crippen LogP contribution in [0.1, 0.15) is 10.9 Å². The van der Waals surface area contributed by atoms with E-state index in [0.717, 1.165) is 0 Å². The fourth-order valence-electron chi connectivity index (χ4n) is 2.44. The second-order valence-corrected chi connectivity index (χ2v) is 7.83. The van der Waals surface area contributed by atoms with Gasteiger partial charge in [-0.25, -0.2) is 5.01 Å². The molecule has 142 valence electrons. The van der Waals surface area contributed by atoms with Crippen LogP contribution in [0.2, 0.25) is 15.1 Å². The lowest BCUT2D eigenvalue weighted by Crippen LogP contribution is -2.46. The van der Waals surface area contributed by atoms with E-state index in [1.54, 1.807) is 18.2 Å². The average molecular weight is 448 g/mol. The summed E-state index contributed by atoms with van der Waals surface area (Å²) in [5, 5.41) is 11.3. The van der Waals surface area contributed by atoms with Crippen LogP contribution in [0, 0.1) is 0 Å². The molecule has 1 unspecified atom stereocenters. The molecule has 0 aromatic heterocycles. The molecule has 1 heterocycles. The quantitative estimate of drug-likeness (QED) is 0.723. The largest absolute Gasteiger partial charge is 0.508 e. The number of ether oxygens (including phenoxy) is 1. The van der Waals surface area contributed by atoms with Crippen LogP contribution < -0.4 is 10.2 Å². The van der Waals surface area contributed by atoms with E-state index in [1.165, 1.54) is 35.0 Å². The number of thioether (sulfide) groups is 1. The highest BCUT2D eigenvalue weighted by atomic mass is 35.5. The maximum Gasteiger partial charge on any atom is 0.276 e. The summed E-state index contributed by atoms with van der Waals surface area (Å²) in [6, 6.07) is 9.51. The molecule has 0 spiro atoms. The number of carbonyl (C=O) groups excluding carboxylic acids is 2. The Labute approximate surface area is 174 Å². The van der Waals surface area contributed by atoms with Crippen LogP contribution in [-0.2, 0) is 9.59 Å². The number of nitrogens with zero attached hydrogens (tertiary/aromatic N) is 1. The SMILES string of the molecule is O=C(COc1c(Cl)cc(Cl)cc1Cl)NN1C(=O)CSC1c1ccccc1O. The number of nitrogens with one attached hydrogen (secondary N) is 1. The summed E-state index contributed by atoms with van der Waals surface area (Å²) in [5.41, 5.74) is 3.03. The third-order valence-corrected chi connectivity index (χ3v) is 5.60. The van der Waals surface area contributed by atoms with E-state index >= 15 is 0 Å². The molecule has 0 radical (unpaired) electrons. The zero-order valence-electron chi connectivity index (χ0n) is 13.6. The molecule has 2 amide bonds. The lowest BCUT2D eigenvalue weighted by Gasteiger charge is -2.25. The summed E-state index contributed by atoms with van der Waals surface area (Å²) in [4.78, 5) is 24.4. The Morgan fingerprint density at radius 2 is 1.93 bits per heavy atom. The van der Waals surface area contributed by atoms with E-state index in [9.17, 15) is 14.7 Å². The van der Waals surface area contributed by atoms with Crippen molar-refractivity contribution in [2.24, 2.45) is 0 Å². The highest BCUT2D eigenvalue weighted by Crippen LogP contribution is 2.41. The molecular formula is C17H13Cl3N2O4S. The fourth-order valence-corrected chi connectivity index (χ4v) is 4.51. The molecule has 10 heteroatoms. The first-order chi connectivity index (χ1) is 12.9. The van der Waals surface area contributed by atoms with Gasteiger partial charge in [-0.1, -0.05) is 53.0 Å². The molecule has 6 nitrogen and oxygen atoms in total. The molecule has 2 aromatic rings. The van der Waals surface area contributed by atoms with E-state index < -0.39 is 17.9 Å². The van der Waals surface area contributed by atoms with E-state index in [-0.39, 0.29) is 33.2 Å². The Balaban J connectivity index is 1.68. The summed E-state index contributed by atoms with van der Waals surface area (Å²) < 4.78 is 5.37. The molecule has 27 heavy (non-hydrogen) atoms. The first kappa shape index (κ1) is 19.9. The van der Waals surface area contributed by atoms with Crippen molar-refractivity contribution in [3.8, 4) is 11.5 Å². The van der Waals surface area contributed by atoms with Gasteiger partial charge in [0, 0.05) is 10.6 Å². The standard InChI is InChI=1S/C17H13Cl3N2O4S/c18-9-5-11(19)16(12(20)6-9)26-7-14(24)21-22-15(25)8-27-17(22)10-3-1-2-4-13(10)23/h1-6,17,23H,7-8H2,(H,21,24). The van der Waals surface area contributed by atoms with Gasteiger partial charge in [0.1, 0.15) is 11.1 Å². The van der Waals surface area contributed by atoms with Crippen LogP contribution in [0.5, 0.6) is 11.5 Å². The highest BCUT2D eigenvalue weighted by molar-refractivity contribution is 8.00. The second-order valence-electron chi connectivity index (χ2n) is 5.51. The Morgan fingerprint density at radius 3 is 2.59 bits per heavy atom.